The predicted molar refractivity (Wildman–Crippen MR) is 85.0 cm³/mol. The van der Waals surface area contributed by atoms with Crippen LogP contribution in [0.2, 0.25) is 0 Å². The summed E-state index contributed by atoms with van der Waals surface area (Å²) in [5.41, 5.74) is 2.98. The zero-order valence-electron chi connectivity index (χ0n) is 12.7. The predicted octanol–water partition coefficient (Wildman–Crippen LogP) is 4.39. The molecule has 2 nitrogen and oxygen atoms in total. The Labute approximate surface area is 126 Å². The Bertz CT molecular complexity index is 583. The largest absolute Gasteiger partial charge is 0.493 e. The first-order chi connectivity index (χ1) is 10.3. The van der Waals surface area contributed by atoms with Crippen molar-refractivity contribution in [2.45, 2.75) is 26.8 Å². The lowest BCUT2D eigenvalue weighted by atomic mass is 9.98. The van der Waals surface area contributed by atoms with Crippen molar-refractivity contribution >= 4 is 0 Å². The van der Waals surface area contributed by atoms with Crippen LogP contribution >= 0.6 is 0 Å². The fourth-order valence-electron chi connectivity index (χ4n) is 2.34. The van der Waals surface area contributed by atoms with Crippen LogP contribution in [0.15, 0.2) is 42.5 Å². The third kappa shape index (κ3) is 4.05. The fraction of sp³-hybridized carbons (Fsp3) is 0.333. The molecule has 0 aromatic heterocycles. The van der Waals surface area contributed by atoms with E-state index < -0.39 is 0 Å². The molecular formula is C18H22FNO. The van der Waals surface area contributed by atoms with Crippen molar-refractivity contribution in [2.24, 2.45) is 0 Å². The van der Waals surface area contributed by atoms with Gasteiger partial charge in [-0.1, -0.05) is 31.2 Å². The Balaban J connectivity index is 2.38. The van der Waals surface area contributed by atoms with E-state index >= 15 is 0 Å². The first-order valence-electron chi connectivity index (χ1n) is 7.47. The van der Waals surface area contributed by atoms with Crippen LogP contribution in [0.5, 0.6) is 5.75 Å². The summed E-state index contributed by atoms with van der Waals surface area (Å²) in [6, 6.07) is 12.8. The van der Waals surface area contributed by atoms with Gasteiger partial charge < -0.3 is 10.1 Å². The summed E-state index contributed by atoms with van der Waals surface area (Å²) in [6.07, 6.45) is 1.06. The molecule has 0 fully saturated rings. The topological polar surface area (TPSA) is 21.3 Å². The van der Waals surface area contributed by atoms with Gasteiger partial charge in [-0.05, 0) is 49.2 Å². The van der Waals surface area contributed by atoms with Crippen LogP contribution in [0, 0.1) is 5.82 Å². The van der Waals surface area contributed by atoms with Gasteiger partial charge in [0.1, 0.15) is 11.6 Å². The second kappa shape index (κ2) is 7.79. The molecular weight excluding hydrogens is 265 g/mol. The van der Waals surface area contributed by atoms with Crippen molar-refractivity contribution in [3.63, 3.8) is 0 Å². The minimum atomic E-state index is -0.207. The molecule has 2 aromatic carbocycles. The second-order valence-corrected chi connectivity index (χ2v) is 4.91. The van der Waals surface area contributed by atoms with Crippen molar-refractivity contribution in [1.29, 1.82) is 0 Å². The summed E-state index contributed by atoms with van der Waals surface area (Å²) in [4.78, 5) is 0. The first kappa shape index (κ1) is 15.5. The van der Waals surface area contributed by atoms with Crippen LogP contribution in [-0.2, 0) is 6.54 Å². The highest BCUT2D eigenvalue weighted by atomic mass is 19.1. The molecule has 0 aliphatic carbocycles. The molecule has 3 heteroatoms. The minimum Gasteiger partial charge on any atom is -0.493 e. The van der Waals surface area contributed by atoms with E-state index in [0.717, 1.165) is 35.4 Å². The van der Waals surface area contributed by atoms with E-state index in [2.05, 4.69) is 12.2 Å². The van der Waals surface area contributed by atoms with Gasteiger partial charge >= 0.3 is 0 Å². The van der Waals surface area contributed by atoms with E-state index in [4.69, 9.17) is 4.74 Å². The first-order valence-corrected chi connectivity index (χ1v) is 7.47. The van der Waals surface area contributed by atoms with Crippen molar-refractivity contribution in [1.82, 2.24) is 5.32 Å². The summed E-state index contributed by atoms with van der Waals surface area (Å²) in [5.74, 6) is 0.629. The normalized spacial score (nSPS) is 10.6. The molecule has 0 spiro atoms. The van der Waals surface area contributed by atoms with E-state index in [1.165, 1.54) is 6.07 Å². The zero-order chi connectivity index (χ0) is 15.1. The van der Waals surface area contributed by atoms with Gasteiger partial charge in [-0.25, -0.2) is 4.39 Å². The maximum absolute atomic E-state index is 13.6. The summed E-state index contributed by atoms with van der Waals surface area (Å²) < 4.78 is 19.2. The van der Waals surface area contributed by atoms with Gasteiger partial charge in [-0.15, -0.1) is 0 Å². The number of nitrogens with one attached hydrogen (secondary N) is 1. The van der Waals surface area contributed by atoms with Gasteiger partial charge in [0.2, 0.25) is 0 Å². The SMILES string of the molecule is CCCNCc1cc(F)ccc1-c1ccccc1OCC. The number of benzene rings is 2. The van der Waals surface area contributed by atoms with E-state index in [-0.39, 0.29) is 5.82 Å². The molecule has 0 saturated carbocycles. The third-order valence-corrected chi connectivity index (χ3v) is 3.29. The van der Waals surface area contributed by atoms with Crippen molar-refractivity contribution in [3.8, 4) is 16.9 Å². The van der Waals surface area contributed by atoms with Gasteiger partial charge in [0.25, 0.3) is 0 Å². The average molecular weight is 287 g/mol. The molecule has 1 N–H and O–H groups in total. The average Bonchev–Trinajstić information content (AvgIpc) is 2.49. The summed E-state index contributed by atoms with van der Waals surface area (Å²) in [5, 5.41) is 3.33. The van der Waals surface area contributed by atoms with Crippen LogP contribution in [0.3, 0.4) is 0 Å². The Morgan fingerprint density at radius 2 is 1.86 bits per heavy atom. The van der Waals surface area contributed by atoms with E-state index in [1.54, 1.807) is 6.07 Å². The van der Waals surface area contributed by atoms with Gasteiger partial charge in [-0.3, -0.25) is 0 Å². The van der Waals surface area contributed by atoms with Crippen molar-refractivity contribution < 1.29 is 9.13 Å². The molecule has 0 aliphatic rings. The molecule has 0 heterocycles. The van der Waals surface area contributed by atoms with E-state index in [0.29, 0.717) is 13.2 Å². The Morgan fingerprint density at radius 3 is 2.62 bits per heavy atom. The van der Waals surface area contributed by atoms with Gasteiger partial charge in [-0.2, -0.15) is 0 Å². The molecule has 0 unspecified atom stereocenters. The number of hydrogen-bond donors (Lipinski definition) is 1. The maximum Gasteiger partial charge on any atom is 0.127 e. The van der Waals surface area contributed by atoms with Crippen LogP contribution in [0.25, 0.3) is 11.1 Å². The Morgan fingerprint density at radius 1 is 1.05 bits per heavy atom. The van der Waals surface area contributed by atoms with Gasteiger partial charge in [0.05, 0.1) is 6.61 Å². The molecule has 0 bridgehead atoms. The number of rotatable bonds is 7. The van der Waals surface area contributed by atoms with Gasteiger partial charge in [0, 0.05) is 12.1 Å². The number of ether oxygens (including phenoxy) is 1. The molecule has 0 saturated heterocycles. The maximum atomic E-state index is 13.6. The van der Waals surface area contributed by atoms with Gasteiger partial charge in [0.15, 0.2) is 0 Å². The fourth-order valence-corrected chi connectivity index (χ4v) is 2.34. The standard InChI is InChI=1S/C18H22FNO/c1-3-11-20-13-14-12-15(19)9-10-16(14)17-7-5-6-8-18(17)21-4-2/h5-10,12,20H,3-4,11,13H2,1-2H3. The number of hydrogen-bond acceptors (Lipinski definition) is 2. The lowest BCUT2D eigenvalue weighted by Gasteiger charge is -2.14. The molecule has 0 radical (unpaired) electrons. The third-order valence-electron chi connectivity index (χ3n) is 3.29. The van der Waals surface area contributed by atoms with Crippen molar-refractivity contribution in [2.75, 3.05) is 13.2 Å². The summed E-state index contributed by atoms with van der Waals surface area (Å²) in [6.45, 7) is 6.26. The smallest absolute Gasteiger partial charge is 0.127 e. The quantitative estimate of drug-likeness (QED) is 0.763. The lowest BCUT2D eigenvalue weighted by Crippen LogP contribution is -2.14. The molecule has 0 atom stereocenters. The molecule has 0 amide bonds. The van der Waals surface area contributed by atoms with E-state index in [1.807, 2.05) is 37.3 Å². The molecule has 112 valence electrons. The Hall–Kier alpha value is -1.87. The lowest BCUT2D eigenvalue weighted by molar-refractivity contribution is 0.341. The number of halogens is 1. The summed E-state index contributed by atoms with van der Waals surface area (Å²) in [7, 11) is 0. The van der Waals surface area contributed by atoms with Crippen LogP contribution < -0.4 is 10.1 Å². The zero-order valence-corrected chi connectivity index (χ0v) is 12.7. The highest BCUT2D eigenvalue weighted by Gasteiger charge is 2.11. The van der Waals surface area contributed by atoms with Crippen LogP contribution in [-0.4, -0.2) is 13.2 Å². The molecule has 0 aliphatic heterocycles. The highest BCUT2D eigenvalue weighted by Crippen LogP contribution is 2.32. The monoisotopic (exact) mass is 287 g/mol. The molecule has 2 aromatic rings. The van der Waals surface area contributed by atoms with Crippen molar-refractivity contribution in [3.05, 3.63) is 53.8 Å². The summed E-state index contributed by atoms with van der Waals surface area (Å²) >= 11 is 0. The molecule has 21 heavy (non-hydrogen) atoms. The highest BCUT2D eigenvalue weighted by molar-refractivity contribution is 5.73. The second-order valence-electron chi connectivity index (χ2n) is 4.91. The molecule has 2 rings (SSSR count). The minimum absolute atomic E-state index is 0.207. The Kier molecular flexibility index (Phi) is 5.76. The van der Waals surface area contributed by atoms with E-state index in [9.17, 15) is 4.39 Å². The number of para-hydroxylation sites is 1. The van der Waals surface area contributed by atoms with Crippen LogP contribution in [0.1, 0.15) is 25.8 Å². The van der Waals surface area contributed by atoms with Crippen LogP contribution in [0.4, 0.5) is 4.39 Å².